The van der Waals surface area contributed by atoms with Crippen molar-refractivity contribution in [3.05, 3.63) is 131 Å². The standard InChI is InChI=1S/C34H35N3O3/c35-32(21-25-13-5-2-6-14-25)33(38)37-26(20-19-24-11-3-1-4-12-24)22-36-34(39)40-23-31-29-17-9-7-15-27(29)28-16-8-10-18-30(28)31/h1-18,26,31-32H,19-23,35H2,(H,36,39)(H,37,38)/t26-,32+/m1/s1. The summed E-state index contributed by atoms with van der Waals surface area (Å²) in [4.78, 5) is 25.8. The summed E-state index contributed by atoms with van der Waals surface area (Å²) in [7, 11) is 0. The number of benzene rings is 4. The molecule has 0 bridgehead atoms. The quantitative estimate of drug-likeness (QED) is 0.247. The van der Waals surface area contributed by atoms with Gasteiger partial charge in [0.15, 0.2) is 0 Å². The SMILES string of the molecule is N[C@@H](Cc1ccccc1)C(=O)N[C@H](CCc1ccccc1)CNC(=O)OCC1c2ccccc2-c2ccccc21. The summed E-state index contributed by atoms with van der Waals surface area (Å²) >= 11 is 0. The van der Waals surface area contributed by atoms with Crippen molar-refractivity contribution in [2.45, 2.75) is 37.3 Å². The van der Waals surface area contributed by atoms with Gasteiger partial charge >= 0.3 is 6.09 Å². The van der Waals surface area contributed by atoms with Crippen LogP contribution in [-0.2, 0) is 22.4 Å². The summed E-state index contributed by atoms with van der Waals surface area (Å²) in [5, 5.41) is 5.92. The van der Waals surface area contributed by atoms with E-state index in [1.165, 1.54) is 11.1 Å². The third kappa shape index (κ3) is 6.77. The molecule has 0 heterocycles. The normalized spacial score (nSPS) is 13.5. The molecule has 2 amide bonds. The largest absolute Gasteiger partial charge is 0.449 e. The van der Waals surface area contributed by atoms with Crippen LogP contribution in [0, 0.1) is 0 Å². The molecule has 6 nitrogen and oxygen atoms in total. The van der Waals surface area contributed by atoms with Crippen LogP contribution in [0.5, 0.6) is 0 Å². The highest BCUT2D eigenvalue weighted by Gasteiger charge is 2.29. The van der Waals surface area contributed by atoms with E-state index < -0.39 is 12.1 Å². The van der Waals surface area contributed by atoms with E-state index in [0.29, 0.717) is 12.8 Å². The molecule has 0 aliphatic heterocycles. The monoisotopic (exact) mass is 533 g/mol. The van der Waals surface area contributed by atoms with E-state index in [-0.39, 0.29) is 31.0 Å². The summed E-state index contributed by atoms with van der Waals surface area (Å²) in [5.74, 6) is -0.251. The molecule has 4 aromatic rings. The van der Waals surface area contributed by atoms with Crippen molar-refractivity contribution in [3.63, 3.8) is 0 Å². The number of fused-ring (bicyclic) bond motifs is 3. The molecule has 5 rings (SSSR count). The van der Waals surface area contributed by atoms with Gasteiger partial charge < -0.3 is 21.1 Å². The lowest BCUT2D eigenvalue weighted by molar-refractivity contribution is -0.123. The molecule has 0 saturated carbocycles. The van der Waals surface area contributed by atoms with Gasteiger partial charge in [-0.2, -0.15) is 0 Å². The Morgan fingerprint density at radius 3 is 1.93 bits per heavy atom. The zero-order chi connectivity index (χ0) is 27.7. The first-order chi connectivity index (χ1) is 19.6. The number of carbonyl (C=O) groups excluding carboxylic acids is 2. The summed E-state index contributed by atoms with van der Waals surface area (Å²) in [6.07, 6.45) is 1.34. The Kier molecular flexibility index (Phi) is 8.89. The molecular weight excluding hydrogens is 498 g/mol. The maximum Gasteiger partial charge on any atom is 0.407 e. The summed E-state index contributed by atoms with van der Waals surface area (Å²) < 4.78 is 5.70. The molecule has 1 aliphatic carbocycles. The number of carbonyl (C=O) groups is 2. The summed E-state index contributed by atoms with van der Waals surface area (Å²) in [6.45, 7) is 0.482. The lowest BCUT2D eigenvalue weighted by atomic mass is 9.98. The van der Waals surface area contributed by atoms with Crippen molar-refractivity contribution >= 4 is 12.0 Å². The highest BCUT2D eigenvalue weighted by atomic mass is 16.5. The van der Waals surface area contributed by atoms with Crippen LogP contribution in [0.2, 0.25) is 0 Å². The van der Waals surface area contributed by atoms with Crippen LogP contribution in [0.25, 0.3) is 11.1 Å². The minimum Gasteiger partial charge on any atom is -0.449 e. The number of aryl methyl sites for hydroxylation is 1. The molecule has 6 heteroatoms. The van der Waals surface area contributed by atoms with Gasteiger partial charge in [-0.25, -0.2) is 4.79 Å². The molecule has 0 fully saturated rings. The molecule has 0 radical (unpaired) electrons. The third-order valence-corrected chi connectivity index (χ3v) is 7.44. The van der Waals surface area contributed by atoms with Crippen LogP contribution in [0.4, 0.5) is 4.79 Å². The van der Waals surface area contributed by atoms with Gasteiger partial charge in [-0.3, -0.25) is 4.79 Å². The fourth-order valence-electron chi connectivity index (χ4n) is 5.34. The van der Waals surface area contributed by atoms with Crippen molar-refractivity contribution in [1.29, 1.82) is 0 Å². The first kappa shape index (κ1) is 27.2. The number of amides is 2. The maximum absolute atomic E-state index is 13.0. The maximum atomic E-state index is 13.0. The number of hydrogen-bond acceptors (Lipinski definition) is 4. The predicted molar refractivity (Wildman–Crippen MR) is 158 cm³/mol. The number of ether oxygens (including phenoxy) is 1. The number of hydrogen-bond donors (Lipinski definition) is 3. The Morgan fingerprint density at radius 1 is 0.750 bits per heavy atom. The lowest BCUT2D eigenvalue weighted by Crippen LogP contribution is -2.50. The van der Waals surface area contributed by atoms with Crippen LogP contribution in [0.15, 0.2) is 109 Å². The van der Waals surface area contributed by atoms with Crippen molar-refractivity contribution in [2.75, 3.05) is 13.2 Å². The predicted octanol–water partition coefficient (Wildman–Crippen LogP) is 5.21. The Labute approximate surface area is 235 Å². The van der Waals surface area contributed by atoms with Crippen molar-refractivity contribution in [3.8, 4) is 11.1 Å². The van der Waals surface area contributed by atoms with E-state index in [1.54, 1.807) is 0 Å². The number of nitrogens with one attached hydrogen (secondary N) is 2. The minimum atomic E-state index is -0.684. The molecule has 204 valence electrons. The highest BCUT2D eigenvalue weighted by molar-refractivity contribution is 5.82. The Balaban J connectivity index is 1.18. The molecule has 4 N–H and O–H groups in total. The van der Waals surface area contributed by atoms with Crippen molar-refractivity contribution in [2.24, 2.45) is 5.73 Å². The Morgan fingerprint density at radius 2 is 1.30 bits per heavy atom. The van der Waals surface area contributed by atoms with E-state index in [2.05, 4.69) is 47.0 Å². The minimum absolute atomic E-state index is 0.0114. The van der Waals surface area contributed by atoms with Gasteiger partial charge in [0.25, 0.3) is 0 Å². The van der Waals surface area contributed by atoms with E-state index >= 15 is 0 Å². The average Bonchev–Trinajstić information content (AvgIpc) is 3.32. The third-order valence-electron chi connectivity index (χ3n) is 7.44. The van der Waals surface area contributed by atoms with E-state index in [4.69, 9.17) is 10.5 Å². The smallest absolute Gasteiger partial charge is 0.407 e. The van der Waals surface area contributed by atoms with E-state index in [0.717, 1.165) is 28.7 Å². The van der Waals surface area contributed by atoms with Crippen molar-refractivity contribution in [1.82, 2.24) is 10.6 Å². The highest BCUT2D eigenvalue weighted by Crippen LogP contribution is 2.44. The second-order valence-electron chi connectivity index (χ2n) is 10.2. The molecular formula is C34H35N3O3. The zero-order valence-corrected chi connectivity index (χ0v) is 22.5. The molecule has 0 unspecified atom stereocenters. The summed E-state index contributed by atoms with van der Waals surface area (Å²) in [6, 6.07) is 35.3. The Bertz CT molecular complexity index is 1380. The van der Waals surface area contributed by atoms with Crippen LogP contribution in [0.3, 0.4) is 0 Å². The molecule has 0 saturated heterocycles. The lowest BCUT2D eigenvalue weighted by Gasteiger charge is -2.22. The number of rotatable bonds is 11. The molecule has 2 atom stereocenters. The Hall–Kier alpha value is -4.42. The van der Waals surface area contributed by atoms with E-state index in [9.17, 15) is 9.59 Å². The molecule has 0 aromatic heterocycles. The average molecular weight is 534 g/mol. The van der Waals surface area contributed by atoms with Gasteiger partial charge in [-0.05, 0) is 52.6 Å². The first-order valence-corrected chi connectivity index (χ1v) is 13.8. The second-order valence-corrected chi connectivity index (χ2v) is 10.2. The zero-order valence-electron chi connectivity index (χ0n) is 22.5. The van der Waals surface area contributed by atoms with Gasteiger partial charge in [-0.1, -0.05) is 109 Å². The van der Waals surface area contributed by atoms with Crippen LogP contribution in [0.1, 0.15) is 34.6 Å². The van der Waals surface area contributed by atoms with Gasteiger partial charge in [-0.15, -0.1) is 0 Å². The van der Waals surface area contributed by atoms with Gasteiger partial charge in [0, 0.05) is 18.5 Å². The van der Waals surface area contributed by atoms with E-state index in [1.807, 2.05) is 72.8 Å². The number of nitrogens with two attached hydrogens (primary N) is 1. The molecule has 4 aromatic carbocycles. The van der Waals surface area contributed by atoms with Crippen LogP contribution >= 0.6 is 0 Å². The fraction of sp³-hybridized carbons (Fsp3) is 0.235. The van der Waals surface area contributed by atoms with Crippen LogP contribution in [-0.4, -0.2) is 37.2 Å². The second kappa shape index (κ2) is 13.1. The van der Waals surface area contributed by atoms with Gasteiger partial charge in [0.2, 0.25) is 5.91 Å². The first-order valence-electron chi connectivity index (χ1n) is 13.8. The molecule has 40 heavy (non-hydrogen) atoms. The van der Waals surface area contributed by atoms with Gasteiger partial charge in [0.1, 0.15) is 6.61 Å². The number of alkyl carbamates (subject to hydrolysis) is 1. The molecule has 0 spiro atoms. The van der Waals surface area contributed by atoms with Gasteiger partial charge in [0.05, 0.1) is 6.04 Å². The van der Waals surface area contributed by atoms with Crippen molar-refractivity contribution < 1.29 is 14.3 Å². The summed E-state index contributed by atoms with van der Waals surface area (Å²) in [5.41, 5.74) is 13.1. The topological polar surface area (TPSA) is 93.5 Å². The fourth-order valence-corrected chi connectivity index (χ4v) is 5.34. The molecule has 1 aliphatic rings. The van der Waals surface area contributed by atoms with Crippen LogP contribution < -0.4 is 16.4 Å².